The Morgan fingerprint density at radius 1 is 1.23 bits per heavy atom. The van der Waals surface area contributed by atoms with Crippen LogP contribution in [-0.4, -0.2) is 63.2 Å². The van der Waals surface area contributed by atoms with Gasteiger partial charge in [0, 0.05) is 18.5 Å². The van der Waals surface area contributed by atoms with Crippen LogP contribution in [0, 0.1) is 5.82 Å². The number of nitrogens with zero attached hydrogens (tertiary/aromatic N) is 2. The molecule has 0 bridgehead atoms. The van der Waals surface area contributed by atoms with Crippen LogP contribution in [0.25, 0.3) is 0 Å². The third-order valence-corrected chi connectivity index (χ3v) is 6.06. The molecule has 3 fully saturated rings. The second kappa shape index (κ2) is 7.99. The maximum atomic E-state index is 13.7. The second-order valence-electron chi connectivity index (χ2n) is 7.61. The molecule has 0 aromatic heterocycles. The third-order valence-electron chi connectivity index (χ3n) is 6.06. The van der Waals surface area contributed by atoms with Gasteiger partial charge in [-0.05, 0) is 23.8 Å². The number of halogens is 1. The maximum Gasteiger partial charge on any atom is 0.290 e. The van der Waals surface area contributed by atoms with E-state index in [1.807, 2.05) is 30.3 Å². The van der Waals surface area contributed by atoms with E-state index in [2.05, 4.69) is 0 Å². The van der Waals surface area contributed by atoms with Gasteiger partial charge in [0.2, 0.25) is 5.91 Å². The van der Waals surface area contributed by atoms with Crippen molar-refractivity contribution >= 4 is 18.3 Å². The highest BCUT2D eigenvalue weighted by atomic mass is 19.1. The SMILES string of the molecule is O=C(c1ccc(O)c(F)c1)N1CC[C@@]23O[C@@H](c4ccccc4)CN2C(=O)C[C@@H]13.O=CO. The number of benzene rings is 2. The van der Waals surface area contributed by atoms with E-state index >= 15 is 0 Å². The molecule has 3 atom stereocenters. The Balaban J connectivity index is 0.000000730. The number of phenols is 1. The summed E-state index contributed by atoms with van der Waals surface area (Å²) in [5.74, 6) is -1.73. The normalized spacial score (nSPS) is 26.2. The smallest absolute Gasteiger partial charge is 0.290 e. The molecule has 2 amide bonds. The Kier molecular flexibility index (Phi) is 5.36. The Labute approximate surface area is 177 Å². The van der Waals surface area contributed by atoms with E-state index in [0.717, 1.165) is 17.7 Å². The second-order valence-corrected chi connectivity index (χ2v) is 7.61. The minimum Gasteiger partial charge on any atom is -0.505 e. The minimum atomic E-state index is -0.842. The molecule has 31 heavy (non-hydrogen) atoms. The summed E-state index contributed by atoms with van der Waals surface area (Å²) in [5.41, 5.74) is 0.335. The van der Waals surface area contributed by atoms with Crippen LogP contribution in [0.4, 0.5) is 4.39 Å². The zero-order valence-electron chi connectivity index (χ0n) is 16.5. The van der Waals surface area contributed by atoms with Crippen molar-refractivity contribution in [2.24, 2.45) is 0 Å². The number of carbonyl (C=O) groups is 3. The van der Waals surface area contributed by atoms with Crippen LogP contribution in [0.5, 0.6) is 5.75 Å². The molecule has 0 aliphatic carbocycles. The summed E-state index contributed by atoms with van der Waals surface area (Å²) >= 11 is 0. The number of carbonyl (C=O) groups excluding carboxylic acids is 2. The molecule has 3 saturated heterocycles. The molecule has 162 valence electrons. The lowest BCUT2D eigenvalue weighted by molar-refractivity contribution is -0.138. The van der Waals surface area contributed by atoms with Gasteiger partial charge in [0.15, 0.2) is 17.3 Å². The average molecular weight is 428 g/mol. The summed E-state index contributed by atoms with van der Waals surface area (Å²) < 4.78 is 20.1. The number of amides is 2. The van der Waals surface area contributed by atoms with E-state index in [1.54, 1.807) is 9.80 Å². The molecule has 2 aromatic rings. The number of hydrogen-bond donors (Lipinski definition) is 2. The van der Waals surface area contributed by atoms with E-state index in [-0.39, 0.29) is 36.4 Å². The largest absolute Gasteiger partial charge is 0.505 e. The quantitative estimate of drug-likeness (QED) is 0.710. The minimum absolute atomic E-state index is 0.0298. The molecule has 3 aliphatic rings. The summed E-state index contributed by atoms with van der Waals surface area (Å²) in [6.45, 7) is 0.645. The molecule has 3 heterocycles. The van der Waals surface area contributed by atoms with Crippen molar-refractivity contribution in [3.8, 4) is 5.75 Å². The van der Waals surface area contributed by atoms with Crippen molar-refractivity contribution < 1.29 is 33.7 Å². The van der Waals surface area contributed by atoms with Crippen molar-refractivity contribution in [2.75, 3.05) is 13.1 Å². The van der Waals surface area contributed by atoms with E-state index in [9.17, 15) is 19.1 Å². The van der Waals surface area contributed by atoms with Crippen LogP contribution >= 0.6 is 0 Å². The summed E-state index contributed by atoms with van der Waals surface area (Å²) in [6.07, 6.45) is 0.501. The Bertz CT molecular complexity index is 1020. The van der Waals surface area contributed by atoms with E-state index < -0.39 is 23.3 Å². The first-order valence-electron chi connectivity index (χ1n) is 9.82. The van der Waals surface area contributed by atoms with E-state index in [0.29, 0.717) is 19.5 Å². The topological polar surface area (TPSA) is 107 Å². The van der Waals surface area contributed by atoms with Crippen molar-refractivity contribution in [1.29, 1.82) is 0 Å². The molecule has 1 spiro atoms. The fourth-order valence-electron chi connectivity index (χ4n) is 4.71. The lowest BCUT2D eigenvalue weighted by atomic mass is 10.1. The van der Waals surface area contributed by atoms with Crippen LogP contribution in [0.2, 0.25) is 0 Å². The van der Waals surface area contributed by atoms with Gasteiger partial charge >= 0.3 is 0 Å². The number of rotatable bonds is 2. The fourth-order valence-corrected chi connectivity index (χ4v) is 4.71. The van der Waals surface area contributed by atoms with Gasteiger partial charge in [-0.25, -0.2) is 4.39 Å². The molecule has 9 heteroatoms. The first-order chi connectivity index (χ1) is 14.9. The zero-order valence-corrected chi connectivity index (χ0v) is 16.5. The molecule has 0 unspecified atom stereocenters. The molecular formula is C22H21FN2O6. The first-order valence-corrected chi connectivity index (χ1v) is 9.82. The van der Waals surface area contributed by atoms with Gasteiger partial charge in [-0.15, -0.1) is 0 Å². The summed E-state index contributed by atoms with van der Waals surface area (Å²) in [7, 11) is 0. The standard InChI is InChI=1S/C21H19FN2O4.CH2O2/c22-15-10-14(6-7-16(15)25)20(27)23-9-8-21-18(23)11-19(26)24(21)12-17(28-21)13-4-2-1-3-5-13;2-1-3/h1-7,10,17-18,25H,8-9,11-12H2;1H,(H,2,3)/t17-,18-,21+;/m1./s1. The van der Waals surface area contributed by atoms with Crippen molar-refractivity contribution in [3.05, 3.63) is 65.5 Å². The summed E-state index contributed by atoms with van der Waals surface area (Å²) in [4.78, 5) is 37.4. The van der Waals surface area contributed by atoms with Crippen molar-refractivity contribution in [3.63, 3.8) is 0 Å². The Hall–Kier alpha value is -3.46. The highest BCUT2D eigenvalue weighted by Gasteiger charge is 2.65. The lowest BCUT2D eigenvalue weighted by Crippen LogP contribution is -2.48. The maximum absolute atomic E-state index is 13.7. The predicted octanol–water partition coefficient (Wildman–Crippen LogP) is 2.15. The van der Waals surface area contributed by atoms with E-state index in [4.69, 9.17) is 14.6 Å². The molecule has 0 saturated carbocycles. The summed E-state index contributed by atoms with van der Waals surface area (Å²) in [5, 5.41) is 16.3. The molecule has 2 aromatic carbocycles. The van der Waals surface area contributed by atoms with Crippen LogP contribution in [-0.2, 0) is 14.3 Å². The zero-order chi connectivity index (χ0) is 22.2. The van der Waals surface area contributed by atoms with Gasteiger partial charge in [0.1, 0.15) is 6.10 Å². The van der Waals surface area contributed by atoms with Crippen LogP contribution in [0.15, 0.2) is 48.5 Å². The van der Waals surface area contributed by atoms with Gasteiger partial charge in [0.25, 0.3) is 12.4 Å². The number of carboxylic acid groups (broad SMARTS) is 1. The third kappa shape index (κ3) is 3.40. The number of aromatic hydroxyl groups is 1. The summed E-state index contributed by atoms with van der Waals surface area (Å²) in [6, 6.07) is 12.9. The van der Waals surface area contributed by atoms with Crippen molar-refractivity contribution in [1.82, 2.24) is 9.80 Å². The molecule has 8 nitrogen and oxygen atoms in total. The first kappa shape index (κ1) is 20.8. The Morgan fingerprint density at radius 2 is 1.94 bits per heavy atom. The van der Waals surface area contributed by atoms with Crippen LogP contribution in [0.1, 0.15) is 34.9 Å². The molecule has 2 N–H and O–H groups in total. The Morgan fingerprint density at radius 3 is 2.61 bits per heavy atom. The number of hydrogen-bond acceptors (Lipinski definition) is 5. The van der Waals surface area contributed by atoms with Gasteiger partial charge in [-0.2, -0.15) is 0 Å². The van der Waals surface area contributed by atoms with Gasteiger partial charge in [-0.3, -0.25) is 14.4 Å². The van der Waals surface area contributed by atoms with E-state index in [1.165, 1.54) is 6.07 Å². The molecule has 3 aliphatic heterocycles. The molecular weight excluding hydrogens is 407 g/mol. The molecule has 0 radical (unpaired) electrons. The highest BCUT2D eigenvalue weighted by molar-refractivity contribution is 5.96. The number of ether oxygens (including phenoxy) is 1. The average Bonchev–Trinajstić information content (AvgIpc) is 3.39. The van der Waals surface area contributed by atoms with Crippen LogP contribution in [0.3, 0.4) is 0 Å². The molecule has 5 rings (SSSR count). The van der Waals surface area contributed by atoms with Crippen LogP contribution < -0.4 is 0 Å². The number of phenolic OH excluding ortho intramolecular Hbond substituents is 1. The van der Waals surface area contributed by atoms with Crippen molar-refractivity contribution in [2.45, 2.75) is 30.7 Å². The fraction of sp³-hybridized carbons (Fsp3) is 0.318. The van der Waals surface area contributed by atoms with Gasteiger partial charge in [0.05, 0.1) is 19.0 Å². The predicted molar refractivity (Wildman–Crippen MR) is 106 cm³/mol. The monoisotopic (exact) mass is 428 g/mol. The van der Waals surface area contributed by atoms with Gasteiger partial charge < -0.3 is 24.7 Å². The number of likely N-dealkylation sites (tertiary alicyclic amines) is 1. The van der Waals surface area contributed by atoms with Gasteiger partial charge in [-0.1, -0.05) is 30.3 Å². The lowest BCUT2D eigenvalue weighted by Gasteiger charge is -2.32. The highest BCUT2D eigenvalue weighted by Crippen LogP contribution is 2.50.